The van der Waals surface area contributed by atoms with Crippen molar-refractivity contribution in [3.63, 3.8) is 0 Å². The van der Waals surface area contributed by atoms with E-state index in [-0.39, 0.29) is 18.0 Å². The number of ether oxygens (including phenoxy) is 3. The summed E-state index contributed by atoms with van der Waals surface area (Å²) in [5, 5.41) is 6.32. The maximum atomic E-state index is 13.7. The molecule has 43 heavy (non-hydrogen) atoms. The lowest BCUT2D eigenvalue weighted by atomic mass is 10.2. The van der Waals surface area contributed by atoms with Gasteiger partial charge in [-0.1, -0.05) is 61.7 Å². The number of benzene rings is 4. The Morgan fingerprint density at radius 1 is 0.977 bits per heavy atom. The lowest BCUT2D eigenvalue weighted by molar-refractivity contribution is 0.265. The van der Waals surface area contributed by atoms with Gasteiger partial charge in [0.15, 0.2) is 17.3 Å². The van der Waals surface area contributed by atoms with E-state index in [0.717, 1.165) is 19.9 Å². The largest absolute Gasteiger partial charge is 0.493 e. The second-order valence-electron chi connectivity index (χ2n) is 9.39. The van der Waals surface area contributed by atoms with Crippen molar-refractivity contribution in [2.75, 3.05) is 14.2 Å². The quantitative estimate of drug-likeness (QED) is 0.147. The molecule has 0 aliphatic heterocycles. The van der Waals surface area contributed by atoms with Gasteiger partial charge in [0.2, 0.25) is 11.6 Å². The highest BCUT2D eigenvalue weighted by Crippen LogP contribution is 2.39. The number of halogens is 3. The van der Waals surface area contributed by atoms with E-state index in [9.17, 15) is 4.79 Å². The zero-order valence-corrected chi connectivity index (χ0v) is 26.7. The SMILES string of the molecule is COc1cc(C=Nn2c(-c3cc4cc(Cl)ccc4o3)nc3ccccc3c2=O)cc(OC)c1OCc1ccc(Br)cc1Br. The first-order valence-corrected chi connectivity index (χ1v) is 14.9. The number of aromatic nitrogens is 2. The van der Waals surface area contributed by atoms with Crippen LogP contribution in [-0.4, -0.2) is 30.1 Å². The van der Waals surface area contributed by atoms with Gasteiger partial charge in [0.25, 0.3) is 5.56 Å². The van der Waals surface area contributed by atoms with Crippen LogP contribution in [0.5, 0.6) is 17.2 Å². The Morgan fingerprint density at radius 2 is 1.74 bits per heavy atom. The summed E-state index contributed by atoms with van der Waals surface area (Å²) >= 11 is 13.2. The molecule has 0 bridgehead atoms. The van der Waals surface area contributed by atoms with Gasteiger partial charge < -0.3 is 18.6 Å². The third kappa shape index (κ3) is 5.90. The van der Waals surface area contributed by atoms with Gasteiger partial charge in [0.1, 0.15) is 12.2 Å². The second-order valence-corrected chi connectivity index (χ2v) is 11.6. The van der Waals surface area contributed by atoms with E-state index in [4.69, 9.17) is 35.2 Å². The fraction of sp³-hybridized carbons (Fsp3) is 0.0938. The van der Waals surface area contributed by atoms with Crippen molar-refractivity contribution in [2.45, 2.75) is 6.61 Å². The van der Waals surface area contributed by atoms with Crippen molar-refractivity contribution in [1.82, 2.24) is 9.66 Å². The minimum Gasteiger partial charge on any atom is -0.493 e. The molecule has 0 amide bonds. The summed E-state index contributed by atoms with van der Waals surface area (Å²) in [6.07, 6.45) is 1.53. The van der Waals surface area contributed by atoms with Crippen molar-refractivity contribution >= 4 is 71.5 Å². The number of rotatable bonds is 8. The lowest BCUT2D eigenvalue weighted by Gasteiger charge is -2.16. The predicted molar refractivity (Wildman–Crippen MR) is 175 cm³/mol. The molecule has 8 nitrogen and oxygen atoms in total. The molecule has 0 N–H and O–H groups in total. The summed E-state index contributed by atoms with van der Waals surface area (Å²) < 4.78 is 26.5. The molecule has 11 heteroatoms. The molecule has 6 rings (SSSR count). The van der Waals surface area contributed by atoms with Crippen LogP contribution in [-0.2, 0) is 6.61 Å². The number of para-hydroxylation sites is 1. The Kier molecular flexibility index (Phi) is 8.25. The van der Waals surface area contributed by atoms with Crippen molar-refractivity contribution in [2.24, 2.45) is 5.10 Å². The monoisotopic (exact) mass is 721 g/mol. The first-order valence-electron chi connectivity index (χ1n) is 12.9. The fourth-order valence-corrected chi connectivity index (χ4v) is 5.89. The number of nitrogens with zero attached hydrogens (tertiary/aromatic N) is 3. The van der Waals surface area contributed by atoms with Gasteiger partial charge in [-0.3, -0.25) is 4.79 Å². The highest BCUT2D eigenvalue weighted by molar-refractivity contribution is 9.11. The van der Waals surface area contributed by atoms with Crippen LogP contribution in [0.1, 0.15) is 11.1 Å². The maximum absolute atomic E-state index is 13.7. The van der Waals surface area contributed by atoms with E-state index in [1.165, 1.54) is 10.9 Å². The van der Waals surface area contributed by atoms with E-state index in [1.54, 1.807) is 68.8 Å². The molecule has 0 aliphatic rings. The number of fused-ring (bicyclic) bond motifs is 2. The van der Waals surface area contributed by atoms with E-state index < -0.39 is 0 Å². The molecule has 0 radical (unpaired) electrons. The van der Waals surface area contributed by atoms with Crippen LogP contribution in [0.25, 0.3) is 33.5 Å². The Balaban J connectivity index is 1.41. The zero-order chi connectivity index (χ0) is 30.1. The van der Waals surface area contributed by atoms with Gasteiger partial charge in [-0.25, -0.2) is 4.98 Å². The van der Waals surface area contributed by atoms with Gasteiger partial charge in [0, 0.05) is 30.5 Å². The van der Waals surface area contributed by atoms with E-state index in [1.807, 2.05) is 24.3 Å². The molecule has 0 saturated heterocycles. The average molecular weight is 724 g/mol. The third-order valence-corrected chi connectivity index (χ3v) is 8.11. The lowest BCUT2D eigenvalue weighted by Crippen LogP contribution is -2.20. The first-order chi connectivity index (χ1) is 20.8. The van der Waals surface area contributed by atoms with E-state index in [0.29, 0.717) is 50.1 Å². The Hall–Kier alpha value is -4.12. The summed E-state index contributed by atoms with van der Waals surface area (Å²) in [5.74, 6) is 1.92. The predicted octanol–water partition coefficient (Wildman–Crippen LogP) is 8.47. The summed E-state index contributed by atoms with van der Waals surface area (Å²) in [6, 6.07) is 23.5. The minimum absolute atomic E-state index is 0.242. The highest BCUT2D eigenvalue weighted by Gasteiger charge is 2.18. The number of methoxy groups -OCH3 is 2. The Labute approximate surface area is 267 Å². The van der Waals surface area contributed by atoms with Crippen LogP contribution in [0, 0.1) is 0 Å². The molecule has 216 valence electrons. The van der Waals surface area contributed by atoms with Gasteiger partial charge in [0.05, 0.1) is 31.3 Å². The summed E-state index contributed by atoms with van der Waals surface area (Å²) in [5.41, 5.74) is 2.33. The van der Waals surface area contributed by atoms with Gasteiger partial charge in [-0.05, 0) is 60.7 Å². The van der Waals surface area contributed by atoms with E-state index in [2.05, 4.69) is 37.0 Å². The van der Waals surface area contributed by atoms with Gasteiger partial charge >= 0.3 is 0 Å². The van der Waals surface area contributed by atoms with Gasteiger partial charge in [-0.15, -0.1) is 0 Å². The molecule has 0 fully saturated rings. The molecular formula is C32H22Br2ClN3O5. The number of hydrogen-bond acceptors (Lipinski definition) is 7. The van der Waals surface area contributed by atoms with Gasteiger partial charge in [-0.2, -0.15) is 9.78 Å². The molecule has 0 atom stereocenters. The normalized spacial score (nSPS) is 11.5. The average Bonchev–Trinajstić information content (AvgIpc) is 3.43. The van der Waals surface area contributed by atoms with Crippen molar-refractivity contribution < 1.29 is 18.6 Å². The minimum atomic E-state index is -0.353. The van der Waals surface area contributed by atoms with Crippen molar-refractivity contribution in [3.8, 4) is 28.8 Å². The fourth-order valence-electron chi connectivity index (χ4n) is 4.54. The van der Waals surface area contributed by atoms with Crippen molar-refractivity contribution in [1.29, 1.82) is 0 Å². The molecule has 0 saturated carbocycles. The summed E-state index contributed by atoms with van der Waals surface area (Å²) in [4.78, 5) is 18.4. The van der Waals surface area contributed by atoms with Crippen LogP contribution < -0.4 is 19.8 Å². The Morgan fingerprint density at radius 3 is 2.49 bits per heavy atom. The summed E-state index contributed by atoms with van der Waals surface area (Å²) in [7, 11) is 3.09. The summed E-state index contributed by atoms with van der Waals surface area (Å²) in [6.45, 7) is 0.276. The molecule has 0 unspecified atom stereocenters. The van der Waals surface area contributed by atoms with Crippen LogP contribution in [0.2, 0.25) is 5.02 Å². The first kappa shape index (κ1) is 29.0. The number of hydrogen-bond donors (Lipinski definition) is 0. The third-order valence-electron chi connectivity index (χ3n) is 6.64. The molecule has 2 heterocycles. The topological polar surface area (TPSA) is 88.1 Å². The molecule has 0 spiro atoms. The zero-order valence-electron chi connectivity index (χ0n) is 22.8. The molecule has 0 aliphatic carbocycles. The standard InChI is InChI=1S/C32H22Br2ClN3O5/c1-40-27-11-18(12-28(41-2)30(27)42-17-19-7-8-21(33)15-24(19)34)16-36-38-31(37-25-6-4-3-5-23(25)32(38)39)29-14-20-13-22(35)9-10-26(20)43-29/h3-16H,17H2,1-2H3. The van der Waals surface area contributed by atoms with E-state index >= 15 is 0 Å². The Bertz CT molecular complexity index is 2070. The molecule has 2 aromatic heterocycles. The second kappa shape index (κ2) is 12.2. The van der Waals surface area contributed by atoms with Crippen LogP contribution in [0.15, 0.2) is 102 Å². The molecular weight excluding hydrogens is 702 g/mol. The highest BCUT2D eigenvalue weighted by atomic mass is 79.9. The van der Waals surface area contributed by atoms with Crippen LogP contribution in [0.3, 0.4) is 0 Å². The number of furan rings is 1. The smallest absolute Gasteiger partial charge is 0.282 e. The molecule has 6 aromatic rings. The van der Waals surface area contributed by atoms with Crippen LogP contribution in [0.4, 0.5) is 0 Å². The molecule has 4 aromatic carbocycles. The van der Waals surface area contributed by atoms with Crippen molar-refractivity contribution in [3.05, 3.63) is 114 Å². The maximum Gasteiger partial charge on any atom is 0.282 e. The van der Waals surface area contributed by atoms with Crippen LogP contribution >= 0.6 is 43.5 Å².